The highest BCUT2D eigenvalue weighted by Gasteiger charge is 2.69. The first-order valence-electron chi connectivity index (χ1n) is 14.1. The topological polar surface area (TPSA) is 196 Å². The molecule has 220 valence electrons. The lowest BCUT2D eigenvalue weighted by molar-refractivity contribution is -0.181. The third-order valence-electron chi connectivity index (χ3n) is 9.29. The molecule has 6 N–H and O–H groups in total. The molecular weight excluding hydrogens is 532 g/mol. The van der Waals surface area contributed by atoms with E-state index in [1.807, 2.05) is 6.92 Å². The van der Waals surface area contributed by atoms with Crippen LogP contribution in [-0.2, 0) is 25.6 Å². The molecule has 12 heteroatoms. The van der Waals surface area contributed by atoms with Crippen LogP contribution in [0, 0.1) is 23.7 Å². The van der Waals surface area contributed by atoms with E-state index in [1.54, 1.807) is 0 Å². The number of hydrogen-bond acceptors (Lipinski definition) is 10. The Morgan fingerprint density at radius 1 is 1.20 bits per heavy atom. The van der Waals surface area contributed by atoms with Crippen molar-refractivity contribution < 1.29 is 39.0 Å². The van der Waals surface area contributed by atoms with Crippen molar-refractivity contribution in [3.05, 3.63) is 28.3 Å². The van der Waals surface area contributed by atoms with Crippen molar-refractivity contribution in [1.29, 1.82) is 0 Å². The SMILES string of the molecule is CCCNC(=O)c1c(C2CCCN2)cc(O)c2c1CC1CC3C(N(C)C)C(=O)C(C(N)=O)C(=O)C3(O)C(=O)C1C2=O. The minimum Gasteiger partial charge on any atom is -0.507 e. The summed E-state index contributed by atoms with van der Waals surface area (Å²) in [4.78, 5) is 81.8. The normalized spacial score (nSPS) is 32.9. The van der Waals surface area contributed by atoms with Crippen LogP contribution in [-0.4, -0.2) is 88.9 Å². The van der Waals surface area contributed by atoms with E-state index in [-0.39, 0.29) is 35.8 Å². The van der Waals surface area contributed by atoms with Crippen LogP contribution in [0.1, 0.15) is 70.5 Å². The molecule has 1 aliphatic heterocycles. The molecule has 4 aliphatic rings. The van der Waals surface area contributed by atoms with Gasteiger partial charge in [-0.3, -0.25) is 33.7 Å². The summed E-state index contributed by atoms with van der Waals surface area (Å²) in [6.07, 6.45) is 2.25. The minimum atomic E-state index is -2.79. The van der Waals surface area contributed by atoms with Gasteiger partial charge in [-0.2, -0.15) is 0 Å². The number of benzene rings is 1. The van der Waals surface area contributed by atoms with Crippen molar-refractivity contribution in [3.63, 3.8) is 0 Å². The summed E-state index contributed by atoms with van der Waals surface area (Å²) in [5.41, 5.74) is 3.55. The number of primary amides is 1. The number of aromatic hydroxyl groups is 1. The van der Waals surface area contributed by atoms with Crippen LogP contribution in [0.3, 0.4) is 0 Å². The number of Topliss-reactive ketones (excluding diaryl/α,β-unsaturated/α-hetero) is 4. The molecule has 41 heavy (non-hydrogen) atoms. The average molecular weight is 569 g/mol. The molecule has 12 nitrogen and oxygen atoms in total. The van der Waals surface area contributed by atoms with Gasteiger partial charge in [0, 0.05) is 24.1 Å². The molecule has 0 bridgehead atoms. The summed E-state index contributed by atoms with van der Waals surface area (Å²) in [7, 11) is 3.06. The molecule has 3 fully saturated rings. The number of ketones is 4. The minimum absolute atomic E-state index is 0.0365. The van der Waals surface area contributed by atoms with Gasteiger partial charge in [0.15, 0.2) is 34.7 Å². The number of carbonyl (C=O) groups excluding carboxylic acids is 6. The van der Waals surface area contributed by atoms with Crippen molar-refractivity contribution >= 4 is 34.9 Å². The van der Waals surface area contributed by atoms with E-state index in [2.05, 4.69) is 10.6 Å². The van der Waals surface area contributed by atoms with Gasteiger partial charge in [0.25, 0.3) is 5.91 Å². The van der Waals surface area contributed by atoms with Gasteiger partial charge >= 0.3 is 0 Å². The van der Waals surface area contributed by atoms with Gasteiger partial charge in [-0.1, -0.05) is 6.92 Å². The molecule has 0 aromatic heterocycles. The van der Waals surface area contributed by atoms with Crippen LogP contribution in [0.4, 0.5) is 0 Å². The predicted octanol–water partition coefficient (Wildman–Crippen LogP) is -0.569. The molecule has 3 aliphatic carbocycles. The Morgan fingerprint density at radius 2 is 1.90 bits per heavy atom. The highest BCUT2D eigenvalue weighted by atomic mass is 16.3. The van der Waals surface area contributed by atoms with Crippen molar-refractivity contribution in [2.45, 2.75) is 56.7 Å². The molecule has 7 unspecified atom stereocenters. The Bertz CT molecular complexity index is 1370. The van der Waals surface area contributed by atoms with Crippen LogP contribution in [0.25, 0.3) is 0 Å². The van der Waals surface area contributed by atoms with E-state index >= 15 is 0 Å². The number of aliphatic hydroxyl groups is 1. The number of hydrogen-bond donors (Lipinski definition) is 5. The molecule has 0 radical (unpaired) electrons. The molecule has 0 spiro atoms. The van der Waals surface area contributed by atoms with Crippen LogP contribution in [0.2, 0.25) is 0 Å². The lowest BCUT2D eigenvalue weighted by atomic mass is 9.52. The molecule has 2 saturated carbocycles. The maximum Gasteiger partial charge on any atom is 0.251 e. The van der Waals surface area contributed by atoms with Crippen LogP contribution >= 0.6 is 0 Å². The Balaban J connectivity index is 1.66. The monoisotopic (exact) mass is 568 g/mol. The van der Waals surface area contributed by atoms with Gasteiger partial charge in [-0.05, 0) is 75.9 Å². The highest BCUT2D eigenvalue weighted by Crippen LogP contribution is 2.51. The third kappa shape index (κ3) is 4.22. The summed E-state index contributed by atoms with van der Waals surface area (Å²) in [6.45, 7) is 3.04. The van der Waals surface area contributed by atoms with Crippen LogP contribution < -0.4 is 16.4 Å². The number of nitrogens with zero attached hydrogens (tertiary/aromatic N) is 1. The van der Waals surface area contributed by atoms with Gasteiger partial charge < -0.3 is 26.6 Å². The molecule has 1 saturated heterocycles. The van der Waals surface area contributed by atoms with E-state index in [0.717, 1.165) is 19.4 Å². The molecular formula is C29H36N4O8. The summed E-state index contributed by atoms with van der Waals surface area (Å²) in [6, 6.07) is -0.00952. The molecule has 1 heterocycles. The summed E-state index contributed by atoms with van der Waals surface area (Å²) < 4.78 is 0. The second-order valence-electron chi connectivity index (χ2n) is 11.9. The van der Waals surface area contributed by atoms with Gasteiger partial charge in [0.05, 0.1) is 17.5 Å². The van der Waals surface area contributed by atoms with Gasteiger partial charge in [-0.25, -0.2) is 0 Å². The Morgan fingerprint density at radius 3 is 2.49 bits per heavy atom. The van der Waals surface area contributed by atoms with Gasteiger partial charge in [0.1, 0.15) is 5.75 Å². The number of nitrogens with two attached hydrogens (primary N) is 1. The lowest BCUT2D eigenvalue weighted by Gasteiger charge is -2.52. The van der Waals surface area contributed by atoms with Crippen molar-refractivity contribution in [2.24, 2.45) is 29.4 Å². The zero-order valence-corrected chi connectivity index (χ0v) is 23.4. The fourth-order valence-electron chi connectivity index (χ4n) is 7.53. The quantitative estimate of drug-likeness (QED) is 0.277. The van der Waals surface area contributed by atoms with Crippen molar-refractivity contribution in [3.8, 4) is 5.75 Å². The number of nitrogens with one attached hydrogen (secondary N) is 2. The maximum atomic E-state index is 14.0. The fourth-order valence-corrected chi connectivity index (χ4v) is 7.53. The van der Waals surface area contributed by atoms with E-state index in [1.165, 1.54) is 25.1 Å². The first-order valence-corrected chi connectivity index (χ1v) is 14.1. The van der Waals surface area contributed by atoms with Crippen molar-refractivity contribution in [2.75, 3.05) is 27.2 Å². The maximum absolute atomic E-state index is 14.0. The number of amides is 2. The standard InChI is InChI=1S/C29H36N4O8/c1-4-7-32-28(40)19-13(16-6-5-8-31-16)11-17(34)20-14(19)9-12-10-15-22(33(2)3)24(36)21(27(30)39)26(38)29(15,41)25(37)18(12)23(20)35/h11-12,15-16,18,21-22,31,34,41H,4-10H2,1-3H3,(H2,30,39)(H,32,40). The lowest BCUT2D eigenvalue weighted by Crippen LogP contribution is -2.74. The number of phenolic OH excluding ortho intramolecular Hbond substituents is 1. The number of rotatable bonds is 6. The van der Waals surface area contributed by atoms with E-state index in [0.29, 0.717) is 24.1 Å². The van der Waals surface area contributed by atoms with E-state index < -0.39 is 70.3 Å². The number of likely N-dealkylation sites (N-methyl/N-ethyl adjacent to an activating group) is 1. The number of phenols is 1. The largest absolute Gasteiger partial charge is 0.507 e. The molecule has 7 atom stereocenters. The highest BCUT2D eigenvalue weighted by molar-refractivity contribution is 6.32. The van der Waals surface area contributed by atoms with E-state index in [4.69, 9.17) is 5.73 Å². The molecule has 5 rings (SSSR count). The zero-order valence-electron chi connectivity index (χ0n) is 23.4. The van der Waals surface area contributed by atoms with Crippen molar-refractivity contribution in [1.82, 2.24) is 15.5 Å². The van der Waals surface area contributed by atoms with Crippen LogP contribution in [0.15, 0.2) is 6.07 Å². The fraction of sp³-hybridized carbons (Fsp3) is 0.586. The van der Waals surface area contributed by atoms with E-state index in [9.17, 15) is 39.0 Å². The second-order valence-corrected chi connectivity index (χ2v) is 11.9. The summed E-state index contributed by atoms with van der Waals surface area (Å²) in [5.74, 6) is -11.6. The first-order chi connectivity index (χ1) is 19.4. The molecule has 1 aromatic rings. The number of fused-ring (bicyclic) bond motifs is 3. The summed E-state index contributed by atoms with van der Waals surface area (Å²) in [5, 5.41) is 29.0. The first kappa shape index (κ1) is 29.0. The number of carbonyl (C=O) groups is 6. The van der Waals surface area contributed by atoms with Gasteiger partial charge in [-0.15, -0.1) is 0 Å². The molecule has 1 aromatic carbocycles. The zero-order chi connectivity index (χ0) is 30.0. The third-order valence-corrected chi connectivity index (χ3v) is 9.29. The van der Waals surface area contributed by atoms with Crippen LogP contribution in [0.5, 0.6) is 5.75 Å². The predicted molar refractivity (Wildman–Crippen MR) is 144 cm³/mol. The Kier molecular flexibility index (Phi) is 7.37. The average Bonchev–Trinajstić information content (AvgIpc) is 3.43. The molecule has 2 amide bonds. The Labute approximate surface area is 237 Å². The summed E-state index contributed by atoms with van der Waals surface area (Å²) >= 11 is 0. The van der Waals surface area contributed by atoms with Gasteiger partial charge in [0.2, 0.25) is 5.91 Å². The second kappa shape index (κ2) is 10.4. The Hall–Kier alpha value is -3.48. The smallest absolute Gasteiger partial charge is 0.251 e.